The van der Waals surface area contributed by atoms with Gasteiger partial charge in [-0.05, 0) is 36.8 Å². The molecule has 0 aliphatic carbocycles. The third-order valence-corrected chi connectivity index (χ3v) is 5.55. The minimum atomic E-state index is -3.75. The van der Waals surface area contributed by atoms with E-state index in [1.54, 1.807) is 31.3 Å². The zero-order chi connectivity index (χ0) is 18.7. The second-order valence-electron chi connectivity index (χ2n) is 6.04. The largest absolute Gasteiger partial charge is 0.454 e. The smallest absolute Gasteiger partial charge is 0.241 e. The molecule has 26 heavy (non-hydrogen) atoms. The van der Waals surface area contributed by atoms with Crippen LogP contribution in [0.1, 0.15) is 12.5 Å². The second kappa shape index (κ2) is 7.35. The first-order valence-corrected chi connectivity index (χ1v) is 9.56. The number of fused-ring (bicyclic) bond motifs is 1. The third-order valence-electron chi connectivity index (χ3n) is 3.99. The minimum absolute atomic E-state index is 0.123. The van der Waals surface area contributed by atoms with Crippen molar-refractivity contribution in [1.82, 2.24) is 9.62 Å². The maximum Gasteiger partial charge on any atom is 0.241 e. The second-order valence-corrected chi connectivity index (χ2v) is 7.75. The first kappa shape index (κ1) is 18.2. The van der Waals surface area contributed by atoms with Crippen LogP contribution in [0.3, 0.4) is 0 Å². The predicted octanol–water partition coefficient (Wildman–Crippen LogP) is 1.74. The molecule has 2 aromatic carbocycles. The summed E-state index contributed by atoms with van der Waals surface area (Å²) in [5.41, 5.74) is 0.864. The van der Waals surface area contributed by atoms with Crippen LogP contribution in [0.5, 0.6) is 11.5 Å². The highest BCUT2D eigenvalue weighted by atomic mass is 32.2. The molecule has 3 rings (SSSR count). The molecule has 0 aromatic heterocycles. The first-order valence-electron chi connectivity index (χ1n) is 8.08. The van der Waals surface area contributed by atoms with Gasteiger partial charge in [-0.1, -0.05) is 24.3 Å². The minimum Gasteiger partial charge on any atom is -0.454 e. The van der Waals surface area contributed by atoms with Crippen LogP contribution in [0.4, 0.5) is 0 Å². The number of hydrogen-bond acceptors (Lipinski definition) is 5. The van der Waals surface area contributed by atoms with Crippen LogP contribution in [-0.2, 0) is 21.4 Å². The Bertz CT molecular complexity index is 899. The van der Waals surface area contributed by atoms with Gasteiger partial charge in [0.1, 0.15) is 0 Å². The van der Waals surface area contributed by atoms with Crippen molar-refractivity contribution in [3.63, 3.8) is 0 Å². The van der Waals surface area contributed by atoms with Gasteiger partial charge in [0.25, 0.3) is 0 Å². The van der Waals surface area contributed by atoms with E-state index in [9.17, 15) is 13.2 Å². The molecule has 0 radical (unpaired) electrons. The van der Waals surface area contributed by atoms with Gasteiger partial charge < -0.3 is 14.4 Å². The van der Waals surface area contributed by atoms with Crippen molar-refractivity contribution < 1.29 is 22.7 Å². The molecule has 1 aliphatic heterocycles. The normalized spacial score (nSPS) is 14.1. The molecule has 138 valence electrons. The van der Waals surface area contributed by atoms with Gasteiger partial charge in [-0.25, -0.2) is 8.42 Å². The number of rotatable bonds is 6. The Morgan fingerprint density at radius 3 is 2.58 bits per heavy atom. The van der Waals surface area contributed by atoms with Crippen molar-refractivity contribution in [3.05, 3.63) is 54.1 Å². The summed E-state index contributed by atoms with van der Waals surface area (Å²) in [6, 6.07) is 12.5. The number of hydrogen-bond donors (Lipinski definition) is 1. The van der Waals surface area contributed by atoms with E-state index < -0.39 is 16.1 Å². The number of carbonyl (C=O) groups excluding carboxylic acids is 1. The van der Waals surface area contributed by atoms with Crippen LogP contribution in [-0.4, -0.2) is 39.1 Å². The van der Waals surface area contributed by atoms with E-state index in [-0.39, 0.29) is 17.6 Å². The molecular weight excluding hydrogens is 356 g/mol. The Morgan fingerprint density at radius 1 is 1.15 bits per heavy atom. The lowest BCUT2D eigenvalue weighted by molar-refractivity contribution is -0.131. The van der Waals surface area contributed by atoms with Crippen LogP contribution in [0.15, 0.2) is 53.4 Å². The zero-order valence-electron chi connectivity index (χ0n) is 14.5. The Labute approximate surface area is 152 Å². The van der Waals surface area contributed by atoms with Crippen LogP contribution < -0.4 is 14.2 Å². The van der Waals surface area contributed by atoms with E-state index in [2.05, 4.69) is 4.72 Å². The van der Waals surface area contributed by atoms with Gasteiger partial charge >= 0.3 is 0 Å². The molecule has 7 nitrogen and oxygen atoms in total. The lowest BCUT2D eigenvalue weighted by atomic mass is 10.2. The molecule has 1 aliphatic rings. The maximum atomic E-state index is 12.5. The fourth-order valence-electron chi connectivity index (χ4n) is 2.67. The molecule has 1 N–H and O–H groups in total. The predicted molar refractivity (Wildman–Crippen MR) is 95.3 cm³/mol. The van der Waals surface area contributed by atoms with Gasteiger partial charge in [0.2, 0.25) is 22.7 Å². The van der Waals surface area contributed by atoms with Crippen molar-refractivity contribution >= 4 is 15.9 Å². The Kier molecular flexibility index (Phi) is 5.15. The number of ether oxygens (including phenoxy) is 2. The molecule has 2 aromatic rings. The molecule has 0 bridgehead atoms. The van der Waals surface area contributed by atoms with E-state index in [4.69, 9.17) is 9.47 Å². The van der Waals surface area contributed by atoms with E-state index in [0.29, 0.717) is 18.0 Å². The fourth-order valence-corrected chi connectivity index (χ4v) is 3.89. The summed E-state index contributed by atoms with van der Waals surface area (Å²) in [5.74, 6) is 0.982. The lowest BCUT2D eigenvalue weighted by Gasteiger charge is -2.22. The Morgan fingerprint density at radius 2 is 1.85 bits per heavy atom. The van der Waals surface area contributed by atoms with Gasteiger partial charge in [-0.15, -0.1) is 0 Å². The average Bonchev–Trinajstić information content (AvgIpc) is 3.09. The topological polar surface area (TPSA) is 84.9 Å². The number of nitrogens with zero attached hydrogens (tertiary/aromatic N) is 1. The number of nitrogens with one attached hydrogen (secondary N) is 1. The Hall–Kier alpha value is -2.58. The van der Waals surface area contributed by atoms with Gasteiger partial charge in [0, 0.05) is 13.6 Å². The summed E-state index contributed by atoms with van der Waals surface area (Å²) in [6.45, 7) is 2.04. The number of benzene rings is 2. The van der Waals surface area contributed by atoms with E-state index >= 15 is 0 Å². The van der Waals surface area contributed by atoms with Crippen molar-refractivity contribution in [2.75, 3.05) is 13.8 Å². The van der Waals surface area contributed by atoms with E-state index in [0.717, 1.165) is 5.56 Å². The van der Waals surface area contributed by atoms with Crippen LogP contribution in [0.25, 0.3) is 0 Å². The van der Waals surface area contributed by atoms with Crippen LogP contribution in [0.2, 0.25) is 0 Å². The molecule has 1 atom stereocenters. The average molecular weight is 376 g/mol. The number of carbonyl (C=O) groups is 1. The first-order chi connectivity index (χ1) is 12.4. The van der Waals surface area contributed by atoms with Gasteiger partial charge in [0.15, 0.2) is 11.5 Å². The van der Waals surface area contributed by atoms with Crippen molar-refractivity contribution in [1.29, 1.82) is 0 Å². The molecule has 0 fully saturated rings. The van der Waals surface area contributed by atoms with Gasteiger partial charge in [-0.3, -0.25) is 4.79 Å². The zero-order valence-corrected chi connectivity index (χ0v) is 15.3. The third kappa shape index (κ3) is 3.97. The van der Waals surface area contributed by atoms with E-state index in [1.807, 2.05) is 12.1 Å². The Balaban J connectivity index is 1.64. The molecule has 0 spiro atoms. The van der Waals surface area contributed by atoms with Gasteiger partial charge in [-0.2, -0.15) is 4.72 Å². The molecule has 0 saturated carbocycles. The molecule has 1 unspecified atom stereocenters. The highest BCUT2D eigenvalue weighted by molar-refractivity contribution is 7.89. The summed E-state index contributed by atoms with van der Waals surface area (Å²) in [4.78, 5) is 14.1. The van der Waals surface area contributed by atoms with Crippen molar-refractivity contribution in [2.45, 2.75) is 24.4 Å². The molecule has 0 saturated heterocycles. The highest BCUT2D eigenvalue weighted by Gasteiger charge is 2.24. The summed E-state index contributed by atoms with van der Waals surface area (Å²) in [7, 11) is -2.13. The lowest BCUT2D eigenvalue weighted by Crippen LogP contribution is -2.45. The quantitative estimate of drug-likeness (QED) is 0.830. The SMILES string of the molecule is CC(NS(=O)(=O)c1ccccc1)C(=O)N(C)Cc1ccc2c(c1)OCO2. The number of likely N-dealkylation sites (N-methyl/N-ethyl adjacent to an activating group) is 1. The highest BCUT2D eigenvalue weighted by Crippen LogP contribution is 2.32. The standard InChI is InChI=1S/C18H20N2O5S/c1-13(19-26(22,23)15-6-4-3-5-7-15)18(21)20(2)11-14-8-9-16-17(10-14)25-12-24-16/h3-10,13,19H,11-12H2,1-2H3. The number of sulfonamides is 1. The summed E-state index contributed by atoms with van der Waals surface area (Å²) < 4.78 is 37.7. The number of amides is 1. The van der Waals surface area contributed by atoms with Crippen molar-refractivity contribution in [3.8, 4) is 11.5 Å². The monoisotopic (exact) mass is 376 g/mol. The molecule has 1 heterocycles. The van der Waals surface area contributed by atoms with Gasteiger partial charge in [0.05, 0.1) is 10.9 Å². The van der Waals surface area contributed by atoms with Crippen LogP contribution >= 0.6 is 0 Å². The molecule has 1 amide bonds. The summed E-state index contributed by atoms with van der Waals surface area (Å²) in [6.07, 6.45) is 0. The van der Waals surface area contributed by atoms with Crippen LogP contribution in [0, 0.1) is 0 Å². The van der Waals surface area contributed by atoms with E-state index in [1.165, 1.54) is 24.0 Å². The summed E-state index contributed by atoms with van der Waals surface area (Å²) >= 11 is 0. The summed E-state index contributed by atoms with van der Waals surface area (Å²) in [5, 5.41) is 0. The molecule has 8 heteroatoms. The maximum absolute atomic E-state index is 12.5. The van der Waals surface area contributed by atoms with Crippen molar-refractivity contribution in [2.24, 2.45) is 0 Å². The molecular formula is C18H20N2O5S. The fraction of sp³-hybridized carbons (Fsp3) is 0.278.